The fraction of sp³-hybridized carbons (Fsp3) is 0.359. The molecule has 0 bridgehead atoms. The fourth-order valence-electron chi connectivity index (χ4n) is 5.48. The molecule has 1 aromatic heterocycles. The quantitative estimate of drug-likeness (QED) is 0.157. The van der Waals surface area contributed by atoms with Crippen LogP contribution in [-0.2, 0) is 30.8 Å². The van der Waals surface area contributed by atoms with Gasteiger partial charge >= 0.3 is 11.7 Å². The Bertz CT molecular complexity index is 2350. The van der Waals surface area contributed by atoms with E-state index in [9.17, 15) is 32.4 Å². The number of aromatic nitrogens is 2. The third-order valence-corrected chi connectivity index (χ3v) is 9.95. The Morgan fingerprint density at radius 3 is 2.02 bits per heavy atom. The molecule has 0 aliphatic rings. The van der Waals surface area contributed by atoms with Gasteiger partial charge in [0.25, 0.3) is 21.5 Å². The van der Waals surface area contributed by atoms with Gasteiger partial charge in [-0.15, -0.1) is 0 Å². The van der Waals surface area contributed by atoms with Crippen molar-refractivity contribution in [2.45, 2.75) is 91.8 Å². The van der Waals surface area contributed by atoms with Gasteiger partial charge in [0.15, 0.2) is 0 Å². The third-order valence-electron chi connectivity index (χ3n) is 8.57. The van der Waals surface area contributed by atoms with Crippen LogP contribution in [0.4, 0.5) is 20.2 Å². The topological polar surface area (TPSA) is 175 Å². The van der Waals surface area contributed by atoms with E-state index in [0.29, 0.717) is 34.6 Å². The van der Waals surface area contributed by atoms with E-state index in [0.717, 1.165) is 4.57 Å². The van der Waals surface area contributed by atoms with Gasteiger partial charge in [0.1, 0.15) is 17.7 Å². The second-order valence-electron chi connectivity index (χ2n) is 14.6. The SMILES string of the molecule is Cc1c(C)n(C(C)C)c(=O)n(-c2ccc(C[C@H](NC(=O)c3cc(F)c(NS(=O)(=O)c4ccc(NC(=O)C(C)(C)C)cc4)cc3F)C(=O)OC(C)C)cc2)c1=O. The summed E-state index contributed by atoms with van der Waals surface area (Å²) in [6.45, 7) is 15.3. The van der Waals surface area contributed by atoms with Crippen LogP contribution in [0.5, 0.6) is 0 Å². The molecule has 1 atom stereocenters. The normalized spacial score (nSPS) is 12.4. The molecule has 0 spiro atoms. The Kier molecular flexibility index (Phi) is 12.5. The van der Waals surface area contributed by atoms with E-state index in [-0.39, 0.29) is 29.0 Å². The van der Waals surface area contributed by atoms with E-state index in [2.05, 4.69) is 10.6 Å². The largest absolute Gasteiger partial charge is 0.461 e. The van der Waals surface area contributed by atoms with Crippen molar-refractivity contribution in [1.29, 1.82) is 0 Å². The summed E-state index contributed by atoms with van der Waals surface area (Å²) in [7, 11) is -4.44. The lowest BCUT2D eigenvalue weighted by Gasteiger charge is -2.20. The molecule has 0 saturated carbocycles. The van der Waals surface area contributed by atoms with Crippen LogP contribution in [0.15, 0.2) is 75.1 Å². The van der Waals surface area contributed by atoms with Gasteiger partial charge < -0.3 is 15.4 Å². The Labute approximate surface area is 317 Å². The number of carbonyl (C=O) groups is 3. The number of ether oxygens (including phenoxy) is 1. The number of halogens is 2. The molecule has 294 valence electrons. The number of sulfonamides is 1. The van der Waals surface area contributed by atoms with E-state index in [1.165, 1.54) is 41.0 Å². The minimum Gasteiger partial charge on any atom is -0.461 e. The summed E-state index contributed by atoms with van der Waals surface area (Å²) in [4.78, 5) is 64.7. The van der Waals surface area contributed by atoms with Crippen molar-refractivity contribution < 1.29 is 36.3 Å². The van der Waals surface area contributed by atoms with Gasteiger partial charge in [-0.3, -0.25) is 23.7 Å². The first kappa shape index (κ1) is 42.1. The minimum absolute atomic E-state index is 0.170. The highest BCUT2D eigenvalue weighted by Crippen LogP contribution is 2.25. The highest BCUT2D eigenvalue weighted by Gasteiger charge is 2.28. The van der Waals surface area contributed by atoms with Crippen LogP contribution in [-0.4, -0.2) is 47.5 Å². The number of nitrogens with zero attached hydrogens (tertiary/aromatic N) is 2. The van der Waals surface area contributed by atoms with Crippen molar-refractivity contribution in [1.82, 2.24) is 14.5 Å². The van der Waals surface area contributed by atoms with Crippen LogP contribution in [0, 0.1) is 30.9 Å². The first-order valence-electron chi connectivity index (χ1n) is 17.4. The van der Waals surface area contributed by atoms with Gasteiger partial charge in [-0.1, -0.05) is 32.9 Å². The maximum Gasteiger partial charge on any atom is 0.336 e. The molecule has 4 rings (SSSR count). The molecular formula is C39H45F2N5O8S. The Hall–Kier alpha value is -5.64. The molecule has 4 aromatic rings. The van der Waals surface area contributed by atoms with Crippen LogP contribution in [0.3, 0.4) is 0 Å². The minimum atomic E-state index is -4.44. The number of hydrogen-bond acceptors (Lipinski definition) is 8. The van der Waals surface area contributed by atoms with Crippen molar-refractivity contribution in [2.24, 2.45) is 5.41 Å². The van der Waals surface area contributed by atoms with Crippen LogP contribution < -0.4 is 26.6 Å². The number of rotatable bonds is 12. The summed E-state index contributed by atoms with van der Waals surface area (Å²) in [6, 6.07) is 10.5. The first-order chi connectivity index (χ1) is 25.5. The van der Waals surface area contributed by atoms with Gasteiger partial charge in [-0.25, -0.2) is 31.4 Å². The highest BCUT2D eigenvalue weighted by molar-refractivity contribution is 7.92. The molecule has 0 aliphatic carbocycles. The average molecular weight is 782 g/mol. The summed E-state index contributed by atoms with van der Waals surface area (Å²) >= 11 is 0. The molecular weight excluding hydrogens is 737 g/mol. The summed E-state index contributed by atoms with van der Waals surface area (Å²) < 4.78 is 66.5. The number of benzene rings is 3. The predicted molar refractivity (Wildman–Crippen MR) is 204 cm³/mol. The molecule has 0 radical (unpaired) electrons. The van der Waals surface area contributed by atoms with Crippen LogP contribution >= 0.6 is 0 Å². The van der Waals surface area contributed by atoms with Gasteiger partial charge in [0, 0.05) is 40.9 Å². The highest BCUT2D eigenvalue weighted by atomic mass is 32.2. The molecule has 0 aliphatic heterocycles. The zero-order chi connectivity index (χ0) is 41.2. The number of esters is 1. The lowest BCUT2D eigenvalue weighted by Crippen LogP contribution is -2.44. The Morgan fingerprint density at radius 1 is 0.873 bits per heavy atom. The van der Waals surface area contributed by atoms with Crippen LogP contribution in [0.25, 0.3) is 5.69 Å². The maximum absolute atomic E-state index is 15.3. The van der Waals surface area contributed by atoms with Crippen molar-refractivity contribution in [3.63, 3.8) is 0 Å². The molecule has 1 heterocycles. The Morgan fingerprint density at radius 2 is 1.47 bits per heavy atom. The fourth-order valence-corrected chi connectivity index (χ4v) is 6.53. The summed E-state index contributed by atoms with van der Waals surface area (Å²) in [5, 5.41) is 5.03. The van der Waals surface area contributed by atoms with Crippen molar-refractivity contribution >= 4 is 39.2 Å². The van der Waals surface area contributed by atoms with E-state index in [1.54, 1.807) is 60.6 Å². The number of nitrogens with one attached hydrogen (secondary N) is 3. The van der Waals surface area contributed by atoms with Crippen molar-refractivity contribution in [3.8, 4) is 5.69 Å². The molecule has 0 unspecified atom stereocenters. The van der Waals surface area contributed by atoms with Gasteiger partial charge in [-0.05, 0) is 89.6 Å². The smallest absolute Gasteiger partial charge is 0.336 e. The molecule has 3 aromatic carbocycles. The molecule has 13 nitrogen and oxygen atoms in total. The monoisotopic (exact) mass is 781 g/mol. The Balaban J connectivity index is 1.56. The molecule has 0 fully saturated rings. The van der Waals surface area contributed by atoms with E-state index in [4.69, 9.17) is 4.74 Å². The van der Waals surface area contributed by atoms with E-state index < -0.39 is 73.6 Å². The number of amides is 2. The zero-order valence-corrected chi connectivity index (χ0v) is 32.9. The second-order valence-corrected chi connectivity index (χ2v) is 16.3. The van der Waals surface area contributed by atoms with E-state index in [1.807, 2.05) is 18.6 Å². The molecule has 0 saturated heterocycles. The zero-order valence-electron chi connectivity index (χ0n) is 32.0. The van der Waals surface area contributed by atoms with Crippen molar-refractivity contribution in [2.75, 3.05) is 10.0 Å². The van der Waals surface area contributed by atoms with Gasteiger partial charge in [-0.2, -0.15) is 0 Å². The number of hydrogen-bond donors (Lipinski definition) is 3. The van der Waals surface area contributed by atoms with Crippen LogP contribution in [0.2, 0.25) is 0 Å². The lowest BCUT2D eigenvalue weighted by molar-refractivity contribution is -0.149. The summed E-state index contributed by atoms with van der Waals surface area (Å²) in [6.07, 6.45) is -0.759. The molecule has 3 N–H and O–H groups in total. The summed E-state index contributed by atoms with van der Waals surface area (Å²) in [5.74, 6) is -4.92. The predicted octanol–water partition coefficient (Wildman–Crippen LogP) is 5.55. The second kappa shape index (κ2) is 16.4. The number of anilines is 2. The molecule has 55 heavy (non-hydrogen) atoms. The van der Waals surface area contributed by atoms with Gasteiger partial charge in [0.2, 0.25) is 5.91 Å². The van der Waals surface area contributed by atoms with E-state index >= 15 is 8.78 Å². The average Bonchev–Trinajstić information content (AvgIpc) is 3.08. The summed E-state index contributed by atoms with van der Waals surface area (Å²) in [5.41, 5.74) is -1.27. The lowest BCUT2D eigenvalue weighted by atomic mass is 9.95. The van der Waals surface area contributed by atoms with Gasteiger partial charge in [0.05, 0.1) is 27.9 Å². The number of carbonyl (C=O) groups excluding carboxylic acids is 3. The molecule has 2 amide bonds. The van der Waals surface area contributed by atoms with Crippen molar-refractivity contribution in [3.05, 3.63) is 116 Å². The third kappa shape index (κ3) is 9.73. The standard InChI is InChI=1S/C39H45F2N5O8S/c1-21(2)45-24(6)23(5)35(48)46(38(45)51)27-14-10-25(11-15-27)18-33(36(49)54-22(3)4)43-34(47)29-19-31(41)32(20-30(29)40)44-55(52,53)28-16-12-26(13-17-28)42-37(50)39(7,8)9/h10-17,19-22,33,44H,18H2,1-9H3,(H,42,50)(H,43,47)/t33-/m0/s1. The first-order valence-corrected chi connectivity index (χ1v) is 18.9. The maximum atomic E-state index is 15.3. The van der Waals surface area contributed by atoms with Crippen LogP contribution in [0.1, 0.15) is 81.7 Å². The molecule has 16 heteroatoms.